The van der Waals surface area contributed by atoms with Gasteiger partial charge in [0.1, 0.15) is 0 Å². The van der Waals surface area contributed by atoms with E-state index in [0.717, 1.165) is 30.0 Å². The Bertz CT molecular complexity index is 392. The molecular formula is C20H38F3NS. The van der Waals surface area contributed by atoms with Crippen LogP contribution in [0.25, 0.3) is 0 Å². The van der Waals surface area contributed by atoms with Crippen molar-refractivity contribution in [1.29, 1.82) is 0 Å². The molecule has 2 saturated carbocycles. The molecule has 2 rings (SSSR count). The van der Waals surface area contributed by atoms with E-state index in [1.165, 1.54) is 0 Å². The Morgan fingerprint density at radius 3 is 1.36 bits per heavy atom. The number of nitrogens with zero attached hydrogens (tertiary/aromatic N) is 1. The van der Waals surface area contributed by atoms with E-state index in [4.69, 9.17) is 0 Å². The summed E-state index contributed by atoms with van der Waals surface area (Å²) in [6.45, 7) is 12.7. The molecule has 0 N–H and O–H groups in total. The zero-order valence-electron chi connectivity index (χ0n) is 16.9. The molecule has 25 heavy (non-hydrogen) atoms. The molecule has 0 aromatic rings. The molecule has 5 heteroatoms. The molecule has 0 radical (unpaired) electrons. The molecule has 0 saturated heterocycles. The van der Waals surface area contributed by atoms with Crippen LogP contribution in [0.5, 0.6) is 0 Å². The number of halogens is 3. The van der Waals surface area contributed by atoms with Gasteiger partial charge in [0, 0.05) is 12.1 Å². The summed E-state index contributed by atoms with van der Waals surface area (Å²) >= 11 is -5.21. The van der Waals surface area contributed by atoms with Crippen LogP contribution in [-0.4, -0.2) is 16.4 Å². The highest BCUT2D eigenvalue weighted by Gasteiger charge is 2.50. The summed E-state index contributed by atoms with van der Waals surface area (Å²) < 4.78 is 44.4. The van der Waals surface area contributed by atoms with Crippen LogP contribution in [0, 0.1) is 35.5 Å². The summed E-state index contributed by atoms with van der Waals surface area (Å²) in [7, 11) is 0. The van der Waals surface area contributed by atoms with Crippen LogP contribution in [-0.2, 0) is 0 Å². The van der Waals surface area contributed by atoms with Crippen molar-refractivity contribution in [2.24, 2.45) is 35.5 Å². The largest absolute Gasteiger partial charge is 0.278 e. The first-order chi connectivity index (χ1) is 11.5. The summed E-state index contributed by atoms with van der Waals surface area (Å²) in [5.41, 5.74) is 0. The molecule has 6 unspecified atom stereocenters. The lowest BCUT2D eigenvalue weighted by atomic mass is 9.70. The highest BCUT2D eigenvalue weighted by molar-refractivity contribution is 8.18. The lowest BCUT2D eigenvalue weighted by Gasteiger charge is -2.52. The molecule has 0 spiro atoms. The van der Waals surface area contributed by atoms with Crippen molar-refractivity contribution >= 4 is 11.4 Å². The summed E-state index contributed by atoms with van der Waals surface area (Å²) in [5, 5.41) is 0. The molecule has 0 aliphatic heterocycles. The average Bonchev–Trinajstić information content (AvgIpc) is 2.45. The lowest BCUT2D eigenvalue weighted by molar-refractivity contribution is 0.0286. The second kappa shape index (κ2) is 8.41. The molecule has 0 bridgehead atoms. The van der Waals surface area contributed by atoms with Crippen LogP contribution in [0.2, 0.25) is 0 Å². The predicted molar refractivity (Wildman–Crippen MR) is 103 cm³/mol. The fraction of sp³-hybridized carbons (Fsp3) is 1.00. The van der Waals surface area contributed by atoms with Crippen LogP contribution >= 0.6 is 11.4 Å². The highest BCUT2D eigenvalue weighted by Crippen LogP contribution is 2.63. The lowest BCUT2D eigenvalue weighted by Crippen LogP contribution is -2.53. The van der Waals surface area contributed by atoms with Crippen molar-refractivity contribution in [3.8, 4) is 0 Å². The maximum absolute atomic E-state index is 14.4. The van der Waals surface area contributed by atoms with Crippen molar-refractivity contribution < 1.29 is 11.7 Å². The Hall–Kier alpha value is 0.100. The van der Waals surface area contributed by atoms with Gasteiger partial charge >= 0.3 is 0 Å². The summed E-state index contributed by atoms with van der Waals surface area (Å²) in [6, 6.07) is -0.620. The molecule has 0 aromatic heterocycles. The van der Waals surface area contributed by atoms with E-state index in [0.29, 0.717) is 36.5 Å². The van der Waals surface area contributed by atoms with Crippen molar-refractivity contribution in [1.82, 2.24) is 4.31 Å². The minimum atomic E-state index is -5.21. The first kappa shape index (κ1) is 21.4. The molecule has 2 fully saturated rings. The van der Waals surface area contributed by atoms with Gasteiger partial charge in [-0.25, -0.2) is 0 Å². The van der Waals surface area contributed by atoms with E-state index in [1.807, 2.05) is 0 Å². The Morgan fingerprint density at radius 1 is 0.720 bits per heavy atom. The van der Waals surface area contributed by atoms with Gasteiger partial charge in [-0.15, -0.1) is 11.7 Å². The normalized spacial score (nSPS) is 38.6. The molecule has 6 atom stereocenters. The van der Waals surface area contributed by atoms with Gasteiger partial charge < -0.3 is 0 Å². The topological polar surface area (TPSA) is 3.24 Å². The Labute approximate surface area is 155 Å². The minimum Gasteiger partial charge on any atom is -0.186 e. The summed E-state index contributed by atoms with van der Waals surface area (Å²) in [4.78, 5) is 0. The van der Waals surface area contributed by atoms with Crippen LogP contribution in [0.4, 0.5) is 11.7 Å². The third kappa shape index (κ3) is 5.09. The van der Waals surface area contributed by atoms with Gasteiger partial charge in [0.05, 0.1) is 0 Å². The van der Waals surface area contributed by atoms with Gasteiger partial charge in [-0.1, -0.05) is 54.4 Å². The second-order valence-corrected chi connectivity index (χ2v) is 10.7. The van der Waals surface area contributed by atoms with E-state index >= 15 is 0 Å². The van der Waals surface area contributed by atoms with Gasteiger partial charge in [0.25, 0.3) is 11.4 Å². The maximum atomic E-state index is 14.4. The SMILES string of the molecule is CC1CCC(C(C)C)C(N(C2CC(C)CCC2C(C)C)S(F)(F)F)C1. The fourth-order valence-corrected chi connectivity index (χ4v) is 6.54. The molecule has 0 heterocycles. The van der Waals surface area contributed by atoms with E-state index in [2.05, 4.69) is 41.5 Å². The monoisotopic (exact) mass is 381 g/mol. The summed E-state index contributed by atoms with van der Waals surface area (Å²) in [6.07, 6.45) is 5.48. The first-order valence-electron chi connectivity index (χ1n) is 10.2. The molecule has 150 valence electrons. The van der Waals surface area contributed by atoms with Crippen LogP contribution in [0.15, 0.2) is 0 Å². The summed E-state index contributed by atoms with van der Waals surface area (Å²) in [5.74, 6) is 1.80. The Morgan fingerprint density at radius 2 is 1.08 bits per heavy atom. The van der Waals surface area contributed by atoms with Gasteiger partial charge in [0.2, 0.25) is 0 Å². The van der Waals surface area contributed by atoms with Crippen LogP contribution in [0.1, 0.15) is 80.1 Å². The predicted octanol–water partition coefficient (Wildman–Crippen LogP) is 7.58. The Kier molecular flexibility index (Phi) is 7.20. The zero-order valence-corrected chi connectivity index (χ0v) is 17.7. The van der Waals surface area contributed by atoms with Gasteiger partial charge in [0.15, 0.2) is 0 Å². The minimum absolute atomic E-state index is 0.176. The quantitative estimate of drug-likeness (QED) is 0.474. The van der Waals surface area contributed by atoms with E-state index in [9.17, 15) is 11.7 Å². The number of rotatable bonds is 5. The third-order valence-electron chi connectivity index (χ3n) is 6.87. The van der Waals surface area contributed by atoms with Crippen molar-refractivity contribution in [3.05, 3.63) is 0 Å². The van der Waals surface area contributed by atoms with Crippen molar-refractivity contribution in [2.45, 2.75) is 92.2 Å². The van der Waals surface area contributed by atoms with Crippen LogP contribution < -0.4 is 0 Å². The molecule has 0 aromatic carbocycles. The number of hydrogen-bond donors (Lipinski definition) is 0. The standard InChI is InChI=1S/C20H38F3NS/c1-13(2)17-9-7-15(5)11-19(17)24(25(21,22)23)20-12-16(6)8-10-18(20)14(3)4/h13-20H,7-12H2,1-6H3. The second-order valence-electron chi connectivity index (χ2n) is 9.53. The fourth-order valence-electron chi connectivity index (χ4n) is 5.44. The van der Waals surface area contributed by atoms with E-state index in [-0.39, 0.29) is 23.9 Å². The first-order valence-corrected chi connectivity index (χ1v) is 11.5. The Balaban J connectivity index is 2.39. The molecule has 0 amide bonds. The maximum Gasteiger partial charge on any atom is 0.278 e. The number of hydrogen-bond acceptors (Lipinski definition) is 1. The smallest absolute Gasteiger partial charge is 0.186 e. The van der Waals surface area contributed by atoms with Gasteiger partial charge in [-0.05, 0) is 61.2 Å². The van der Waals surface area contributed by atoms with E-state index in [1.54, 1.807) is 0 Å². The molecule has 1 nitrogen and oxygen atoms in total. The zero-order chi connectivity index (χ0) is 18.9. The van der Waals surface area contributed by atoms with Crippen molar-refractivity contribution in [3.63, 3.8) is 0 Å². The van der Waals surface area contributed by atoms with Crippen LogP contribution in [0.3, 0.4) is 0 Å². The molecular weight excluding hydrogens is 343 g/mol. The van der Waals surface area contributed by atoms with Gasteiger partial charge in [-0.3, -0.25) is 0 Å². The van der Waals surface area contributed by atoms with E-state index < -0.39 is 11.4 Å². The highest BCUT2D eigenvalue weighted by atomic mass is 32.3. The molecule has 2 aliphatic carbocycles. The average molecular weight is 382 g/mol. The van der Waals surface area contributed by atoms with Gasteiger partial charge in [-0.2, -0.15) is 4.31 Å². The molecule has 2 aliphatic rings. The third-order valence-corrected chi connectivity index (χ3v) is 7.89. The van der Waals surface area contributed by atoms with Crippen molar-refractivity contribution in [2.75, 3.05) is 0 Å².